The van der Waals surface area contributed by atoms with Gasteiger partial charge in [0, 0.05) is 36.4 Å². The van der Waals surface area contributed by atoms with Crippen LogP contribution in [0.5, 0.6) is 0 Å². The summed E-state index contributed by atoms with van der Waals surface area (Å²) in [6, 6.07) is 6.08. The quantitative estimate of drug-likeness (QED) is 0.764. The molecule has 3 aromatic rings. The van der Waals surface area contributed by atoms with Gasteiger partial charge in [-0.15, -0.1) is 11.3 Å². The second kappa shape index (κ2) is 4.65. The Morgan fingerprint density at radius 3 is 3.18 bits per heavy atom. The molecule has 0 spiro atoms. The number of aromatic nitrogens is 3. The van der Waals surface area contributed by atoms with Gasteiger partial charge in [-0.25, -0.2) is 9.50 Å². The Hall–Kier alpha value is -1.72. The molecule has 0 aliphatic rings. The number of thiazole rings is 1. The van der Waals surface area contributed by atoms with Crippen molar-refractivity contribution in [3.05, 3.63) is 52.7 Å². The molecule has 0 aliphatic heterocycles. The van der Waals surface area contributed by atoms with Gasteiger partial charge in [-0.1, -0.05) is 6.07 Å². The van der Waals surface area contributed by atoms with Gasteiger partial charge in [-0.2, -0.15) is 5.10 Å². The van der Waals surface area contributed by atoms with Gasteiger partial charge in [-0.05, 0) is 12.1 Å². The van der Waals surface area contributed by atoms with Gasteiger partial charge >= 0.3 is 0 Å². The summed E-state index contributed by atoms with van der Waals surface area (Å²) >= 11 is 1.67. The van der Waals surface area contributed by atoms with Crippen LogP contribution in [0.3, 0.4) is 0 Å². The minimum atomic E-state index is 0.807. The Kier molecular flexibility index (Phi) is 2.85. The van der Waals surface area contributed by atoms with Crippen molar-refractivity contribution in [1.82, 2.24) is 19.9 Å². The third kappa shape index (κ3) is 2.20. The Morgan fingerprint density at radius 1 is 1.29 bits per heavy atom. The van der Waals surface area contributed by atoms with Gasteiger partial charge in [0.05, 0.1) is 11.7 Å². The third-order valence-electron chi connectivity index (χ3n) is 2.58. The summed E-state index contributed by atoms with van der Waals surface area (Å²) in [5.41, 5.74) is 2.36. The number of rotatable bonds is 4. The lowest BCUT2D eigenvalue weighted by Gasteiger charge is -2.00. The first kappa shape index (κ1) is 10.4. The molecule has 0 aliphatic carbocycles. The highest BCUT2D eigenvalue weighted by Crippen LogP contribution is 2.10. The van der Waals surface area contributed by atoms with E-state index in [1.807, 2.05) is 40.6 Å². The summed E-state index contributed by atoms with van der Waals surface area (Å²) in [5.74, 6) is 0. The van der Waals surface area contributed by atoms with E-state index in [-0.39, 0.29) is 0 Å². The fraction of sp³-hybridized carbons (Fsp3) is 0.167. The number of nitrogens with zero attached hydrogens (tertiary/aromatic N) is 3. The molecule has 1 N–H and O–H groups in total. The molecule has 4 nitrogen and oxygen atoms in total. The largest absolute Gasteiger partial charge is 0.306 e. The third-order valence-corrected chi connectivity index (χ3v) is 3.36. The summed E-state index contributed by atoms with van der Waals surface area (Å²) in [6.07, 6.45) is 5.70. The van der Waals surface area contributed by atoms with E-state index in [0.717, 1.165) is 23.6 Å². The van der Waals surface area contributed by atoms with Crippen LogP contribution in [-0.4, -0.2) is 14.6 Å². The van der Waals surface area contributed by atoms with Crippen LogP contribution in [0.4, 0.5) is 0 Å². The van der Waals surface area contributed by atoms with E-state index < -0.39 is 0 Å². The molecule has 86 valence electrons. The van der Waals surface area contributed by atoms with Crippen molar-refractivity contribution in [2.75, 3.05) is 0 Å². The van der Waals surface area contributed by atoms with Crippen LogP contribution in [0.2, 0.25) is 0 Å². The van der Waals surface area contributed by atoms with Crippen LogP contribution in [0.25, 0.3) is 5.52 Å². The minimum absolute atomic E-state index is 0.807. The predicted octanol–water partition coefficient (Wildman–Crippen LogP) is 2.08. The van der Waals surface area contributed by atoms with Gasteiger partial charge in [0.15, 0.2) is 0 Å². The van der Waals surface area contributed by atoms with Crippen LogP contribution >= 0.6 is 11.3 Å². The monoisotopic (exact) mass is 244 g/mol. The molecule has 0 atom stereocenters. The van der Waals surface area contributed by atoms with E-state index in [1.165, 1.54) is 5.56 Å². The number of fused-ring (bicyclic) bond motifs is 1. The van der Waals surface area contributed by atoms with Gasteiger partial charge in [0.1, 0.15) is 5.01 Å². The van der Waals surface area contributed by atoms with E-state index in [9.17, 15) is 0 Å². The van der Waals surface area contributed by atoms with E-state index in [2.05, 4.69) is 21.5 Å². The molecule has 0 saturated heterocycles. The molecular formula is C12H12N4S. The second-order valence-electron chi connectivity index (χ2n) is 3.73. The van der Waals surface area contributed by atoms with Crippen LogP contribution in [0, 0.1) is 0 Å². The topological polar surface area (TPSA) is 42.2 Å². The summed E-state index contributed by atoms with van der Waals surface area (Å²) in [5, 5.41) is 10.8. The van der Waals surface area contributed by atoms with Gasteiger partial charge in [0.2, 0.25) is 0 Å². The summed E-state index contributed by atoms with van der Waals surface area (Å²) < 4.78 is 1.89. The zero-order valence-electron chi connectivity index (χ0n) is 9.21. The zero-order valence-corrected chi connectivity index (χ0v) is 10.0. The normalized spacial score (nSPS) is 11.1. The standard InChI is InChI=1S/C12H12N4S/c1-2-5-16-11(3-1)10(8-15-16)7-13-9-12-14-4-6-17-12/h1-6,8,13H,7,9H2. The van der Waals surface area contributed by atoms with E-state index in [1.54, 1.807) is 11.3 Å². The smallest absolute Gasteiger partial charge is 0.106 e. The lowest BCUT2D eigenvalue weighted by molar-refractivity contribution is 0.693. The van der Waals surface area contributed by atoms with E-state index in [0.29, 0.717) is 0 Å². The Labute approximate surface area is 103 Å². The van der Waals surface area contributed by atoms with Gasteiger partial charge in [0.25, 0.3) is 0 Å². The van der Waals surface area contributed by atoms with Crippen molar-refractivity contribution < 1.29 is 0 Å². The molecule has 0 fully saturated rings. The maximum absolute atomic E-state index is 4.30. The average Bonchev–Trinajstić information content (AvgIpc) is 2.99. The lowest BCUT2D eigenvalue weighted by atomic mass is 10.2. The molecule has 5 heteroatoms. The second-order valence-corrected chi connectivity index (χ2v) is 4.71. The summed E-state index contributed by atoms with van der Waals surface area (Å²) in [6.45, 7) is 1.62. The highest BCUT2D eigenvalue weighted by atomic mass is 32.1. The molecule has 3 rings (SSSR count). The van der Waals surface area contributed by atoms with Crippen molar-refractivity contribution >= 4 is 16.9 Å². The molecule has 0 unspecified atom stereocenters. The first-order valence-electron chi connectivity index (χ1n) is 5.44. The van der Waals surface area contributed by atoms with Crippen molar-refractivity contribution in [2.24, 2.45) is 0 Å². The minimum Gasteiger partial charge on any atom is -0.306 e. The zero-order chi connectivity index (χ0) is 11.5. The molecule has 0 amide bonds. The number of hydrogen-bond acceptors (Lipinski definition) is 4. The van der Waals surface area contributed by atoms with Crippen molar-refractivity contribution in [3.63, 3.8) is 0 Å². The van der Waals surface area contributed by atoms with Gasteiger partial charge in [-0.3, -0.25) is 0 Å². The highest BCUT2D eigenvalue weighted by molar-refractivity contribution is 7.09. The Bertz CT molecular complexity index is 600. The molecule has 0 saturated carbocycles. The molecule has 17 heavy (non-hydrogen) atoms. The molecular weight excluding hydrogens is 232 g/mol. The molecule has 0 bridgehead atoms. The fourth-order valence-electron chi connectivity index (χ4n) is 1.77. The number of nitrogens with one attached hydrogen (secondary N) is 1. The predicted molar refractivity (Wildman–Crippen MR) is 67.8 cm³/mol. The molecule has 0 aromatic carbocycles. The first-order chi connectivity index (χ1) is 8.43. The van der Waals surface area contributed by atoms with Crippen LogP contribution in [-0.2, 0) is 13.1 Å². The highest BCUT2D eigenvalue weighted by Gasteiger charge is 2.02. The fourth-order valence-corrected chi connectivity index (χ4v) is 2.35. The number of hydrogen-bond donors (Lipinski definition) is 1. The molecule has 0 radical (unpaired) electrons. The lowest BCUT2D eigenvalue weighted by Crippen LogP contribution is -2.12. The SMILES string of the molecule is c1ccn2ncc(CNCc3nccs3)c2c1. The average molecular weight is 244 g/mol. The van der Waals surface area contributed by atoms with Crippen LogP contribution in [0.1, 0.15) is 10.6 Å². The van der Waals surface area contributed by atoms with Crippen LogP contribution < -0.4 is 5.32 Å². The van der Waals surface area contributed by atoms with E-state index in [4.69, 9.17) is 0 Å². The van der Waals surface area contributed by atoms with Crippen molar-refractivity contribution in [3.8, 4) is 0 Å². The van der Waals surface area contributed by atoms with Crippen LogP contribution in [0.15, 0.2) is 42.2 Å². The van der Waals surface area contributed by atoms with Crippen molar-refractivity contribution in [1.29, 1.82) is 0 Å². The van der Waals surface area contributed by atoms with E-state index >= 15 is 0 Å². The Balaban J connectivity index is 1.69. The maximum Gasteiger partial charge on any atom is 0.106 e. The summed E-state index contributed by atoms with van der Waals surface area (Å²) in [4.78, 5) is 4.23. The molecule has 3 heterocycles. The van der Waals surface area contributed by atoms with Gasteiger partial charge < -0.3 is 5.32 Å². The first-order valence-corrected chi connectivity index (χ1v) is 6.32. The number of pyridine rings is 1. The molecule has 3 aromatic heterocycles. The summed E-state index contributed by atoms with van der Waals surface area (Å²) in [7, 11) is 0. The Morgan fingerprint density at radius 2 is 2.29 bits per heavy atom. The maximum atomic E-state index is 4.30. The van der Waals surface area contributed by atoms with Crippen molar-refractivity contribution in [2.45, 2.75) is 13.1 Å².